The molecule has 2 heteroatoms. The van der Waals surface area contributed by atoms with Crippen molar-refractivity contribution in [3.63, 3.8) is 0 Å². The fourth-order valence-electron chi connectivity index (χ4n) is 2.57. The Kier molecular flexibility index (Phi) is 5.26. The van der Waals surface area contributed by atoms with Crippen LogP contribution in [0.15, 0.2) is 0 Å². The molecule has 16 heavy (non-hydrogen) atoms. The van der Waals surface area contributed by atoms with Gasteiger partial charge in [-0.25, -0.2) is 0 Å². The van der Waals surface area contributed by atoms with E-state index in [4.69, 9.17) is 0 Å². The lowest BCUT2D eigenvalue weighted by atomic mass is 9.97. The van der Waals surface area contributed by atoms with Gasteiger partial charge in [0.25, 0.3) is 0 Å². The quantitative estimate of drug-likeness (QED) is 0.792. The summed E-state index contributed by atoms with van der Waals surface area (Å²) in [6, 6.07) is 1.48. The summed E-state index contributed by atoms with van der Waals surface area (Å²) in [4.78, 5) is 2.61. The van der Waals surface area contributed by atoms with E-state index < -0.39 is 0 Å². The summed E-state index contributed by atoms with van der Waals surface area (Å²) in [6.45, 7) is 14.0. The van der Waals surface area contributed by atoms with Crippen LogP contribution in [-0.4, -0.2) is 35.6 Å². The van der Waals surface area contributed by atoms with Gasteiger partial charge in [0, 0.05) is 30.7 Å². The van der Waals surface area contributed by atoms with Gasteiger partial charge in [-0.05, 0) is 46.5 Å². The fraction of sp³-hybridized carbons (Fsp3) is 1.00. The molecule has 1 rings (SSSR count). The molecule has 0 atom stereocenters. The number of piperidine rings is 1. The van der Waals surface area contributed by atoms with Gasteiger partial charge in [0.05, 0.1) is 0 Å². The van der Waals surface area contributed by atoms with E-state index in [1.807, 2.05) is 0 Å². The molecule has 0 aliphatic carbocycles. The van der Waals surface area contributed by atoms with Crippen LogP contribution in [-0.2, 0) is 0 Å². The normalized spacial score (nSPS) is 20.6. The smallest absolute Gasteiger partial charge is 0.0125 e. The van der Waals surface area contributed by atoms with Crippen molar-refractivity contribution in [2.75, 3.05) is 13.1 Å². The molecule has 2 nitrogen and oxygen atoms in total. The van der Waals surface area contributed by atoms with Crippen molar-refractivity contribution < 1.29 is 0 Å². The second-order valence-corrected chi connectivity index (χ2v) is 6.11. The van der Waals surface area contributed by atoms with Crippen molar-refractivity contribution in [2.45, 2.75) is 77.9 Å². The van der Waals surface area contributed by atoms with Crippen LogP contribution in [0.3, 0.4) is 0 Å². The molecule has 96 valence electrons. The fourth-order valence-corrected chi connectivity index (χ4v) is 2.57. The molecule has 0 radical (unpaired) electrons. The van der Waals surface area contributed by atoms with Crippen molar-refractivity contribution in [3.05, 3.63) is 0 Å². The van der Waals surface area contributed by atoms with Crippen molar-refractivity contribution in [1.29, 1.82) is 0 Å². The van der Waals surface area contributed by atoms with Crippen molar-refractivity contribution in [2.24, 2.45) is 0 Å². The van der Waals surface area contributed by atoms with Crippen LogP contribution in [0.4, 0.5) is 0 Å². The topological polar surface area (TPSA) is 15.3 Å². The van der Waals surface area contributed by atoms with Gasteiger partial charge in [-0.3, -0.25) is 4.90 Å². The SMILES string of the molecule is CCC(CC)NC1CCN(C(C)(C)C)CC1. The van der Waals surface area contributed by atoms with Crippen LogP contribution in [0.25, 0.3) is 0 Å². The van der Waals surface area contributed by atoms with E-state index in [-0.39, 0.29) is 0 Å². The molecule has 0 aromatic carbocycles. The molecule has 1 aliphatic rings. The van der Waals surface area contributed by atoms with Crippen molar-refractivity contribution >= 4 is 0 Å². The highest BCUT2D eigenvalue weighted by molar-refractivity contribution is 4.85. The molecule has 0 aromatic heterocycles. The number of rotatable bonds is 4. The summed E-state index contributed by atoms with van der Waals surface area (Å²) >= 11 is 0. The Labute approximate surface area is 102 Å². The zero-order valence-corrected chi connectivity index (χ0v) is 11.8. The molecule has 1 aliphatic heterocycles. The average molecular weight is 226 g/mol. The van der Waals surface area contributed by atoms with E-state index >= 15 is 0 Å². The third kappa shape index (κ3) is 4.06. The summed E-state index contributed by atoms with van der Waals surface area (Å²) in [7, 11) is 0. The molecule has 0 spiro atoms. The van der Waals surface area contributed by atoms with E-state index in [0.717, 1.165) is 12.1 Å². The summed E-state index contributed by atoms with van der Waals surface area (Å²) < 4.78 is 0. The third-order valence-electron chi connectivity index (χ3n) is 3.90. The van der Waals surface area contributed by atoms with Crippen LogP contribution < -0.4 is 5.32 Å². The predicted molar refractivity (Wildman–Crippen MR) is 71.9 cm³/mol. The Morgan fingerprint density at radius 1 is 1.12 bits per heavy atom. The highest BCUT2D eigenvalue weighted by Gasteiger charge is 2.27. The Morgan fingerprint density at radius 3 is 2.00 bits per heavy atom. The molecule has 0 amide bonds. The van der Waals surface area contributed by atoms with Gasteiger partial charge in [-0.15, -0.1) is 0 Å². The number of nitrogens with one attached hydrogen (secondary N) is 1. The highest BCUT2D eigenvalue weighted by atomic mass is 15.2. The monoisotopic (exact) mass is 226 g/mol. The highest BCUT2D eigenvalue weighted by Crippen LogP contribution is 2.20. The van der Waals surface area contributed by atoms with Gasteiger partial charge >= 0.3 is 0 Å². The first-order valence-corrected chi connectivity index (χ1v) is 6.98. The number of hydrogen-bond acceptors (Lipinski definition) is 2. The molecule has 1 fully saturated rings. The van der Waals surface area contributed by atoms with Crippen LogP contribution >= 0.6 is 0 Å². The van der Waals surface area contributed by atoms with Gasteiger partial charge in [0.1, 0.15) is 0 Å². The van der Waals surface area contributed by atoms with Crippen molar-refractivity contribution in [1.82, 2.24) is 10.2 Å². The molecule has 1 N–H and O–H groups in total. The second kappa shape index (κ2) is 6.02. The molecule has 0 unspecified atom stereocenters. The molecule has 0 aromatic rings. The maximum atomic E-state index is 3.80. The minimum Gasteiger partial charge on any atom is -0.311 e. The lowest BCUT2D eigenvalue weighted by molar-refractivity contribution is 0.0934. The zero-order chi connectivity index (χ0) is 12.2. The Bertz CT molecular complexity index is 183. The lowest BCUT2D eigenvalue weighted by Gasteiger charge is -2.41. The second-order valence-electron chi connectivity index (χ2n) is 6.11. The maximum absolute atomic E-state index is 3.80. The van der Waals surface area contributed by atoms with Gasteiger partial charge in [-0.1, -0.05) is 13.8 Å². The third-order valence-corrected chi connectivity index (χ3v) is 3.90. The number of likely N-dealkylation sites (tertiary alicyclic amines) is 1. The number of hydrogen-bond donors (Lipinski definition) is 1. The average Bonchev–Trinajstić information content (AvgIpc) is 2.25. The lowest BCUT2D eigenvalue weighted by Crippen LogP contribution is -2.51. The summed E-state index contributed by atoms with van der Waals surface area (Å²) in [5.41, 5.74) is 0.347. The molecular weight excluding hydrogens is 196 g/mol. The first-order valence-electron chi connectivity index (χ1n) is 6.98. The predicted octanol–water partition coefficient (Wildman–Crippen LogP) is 3.03. The van der Waals surface area contributed by atoms with Gasteiger partial charge in [0.2, 0.25) is 0 Å². The maximum Gasteiger partial charge on any atom is 0.0125 e. The Hall–Kier alpha value is -0.0800. The molecule has 1 saturated heterocycles. The largest absolute Gasteiger partial charge is 0.311 e. The first kappa shape index (κ1) is 14.0. The first-order chi connectivity index (χ1) is 7.47. The van der Waals surface area contributed by atoms with E-state index in [2.05, 4.69) is 44.8 Å². The number of nitrogens with zero attached hydrogens (tertiary/aromatic N) is 1. The van der Waals surface area contributed by atoms with E-state index in [0.29, 0.717) is 5.54 Å². The standard InChI is InChI=1S/C14H30N2/c1-6-12(7-2)15-13-8-10-16(11-9-13)14(3,4)5/h12-13,15H,6-11H2,1-5H3. The summed E-state index contributed by atoms with van der Waals surface area (Å²) in [6.07, 6.45) is 5.15. The van der Waals surface area contributed by atoms with Crippen molar-refractivity contribution in [3.8, 4) is 0 Å². The van der Waals surface area contributed by atoms with Gasteiger partial charge in [-0.2, -0.15) is 0 Å². The molecule has 0 bridgehead atoms. The van der Waals surface area contributed by atoms with E-state index in [9.17, 15) is 0 Å². The zero-order valence-electron chi connectivity index (χ0n) is 11.8. The molecule has 0 saturated carbocycles. The molecule has 1 heterocycles. The minimum atomic E-state index is 0.347. The Balaban J connectivity index is 2.32. The van der Waals surface area contributed by atoms with E-state index in [1.54, 1.807) is 0 Å². The summed E-state index contributed by atoms with van der Waals surface area (Å²) in [5, 5.41) is 3.80. The van der Waals surface area contributed by atoms with Crippen LogP contribution in [0.5, 0.6) is 0 Å². The van der Waals surface area contributed by atoms with Gasteiger partial charge in [0.15, 0.2) is 0 Å². The molecular formula is C14H30N2. The van der Waals surface area contributed by atoms with Crippen LogP contribution in [0, 0.1) is 0 Å². The summed E-state index contributed by atoms with van der Waals surface area (Å²) in [5.74, 6) is 0. The Morgan fingerprint density at radius 2 is 1.62 bits per heavy atom. The van der Waals surface area contributed by atoms with Gasteiger partial charge < -0.3 is 5.32 Å². The van der Waals surface area contributed by atoms with Crippen LogP contribution in [0.2, 0.25) is 0 Å². The van der Waals surface area contributed by atoms with E-state index in [1.165, 1.54) is 38.8 Å². The minimum absolute atomic E-state index is 0.347. The van der Waals surface area contributed by atoms with Crippen LogP contribution in [0.1, 0.15) is 60.3 Å².